The molecule has 1 atom stereocenters. The Kier molecular flexibility index (Phi) is 4.51. The van der Waals surface area contributed by atoms with Crippen LogP contribution in [0.2, 0.25) is 0 Å². The van der Waals surface area contributed by atoms with Gasteiger partial charge in [-0.1, -0.05) is 37.3 Å². The van der Waals surface area contributed by atoms with Gasteiger partial charge in [0.1, 0.15) is 0 Å². The van der Waals surface area contributed by atoms with Crippen LogP contribution in [0.4, 0.5) is 0 Å². The third-order valence-electron chi connectivity index (χ3n) is 2.03. The number of carbonyl (C=O) groups is 2. The van der Waals surface area contributed by atoms with Gasteiger partial charge in [0.05, 0.1) is 0 Å². The lowest BCUT2D eigenvalue weighted by Gasteiger charge is -2.13. The molecule has 0 spiro atoms. The van der Waals surface area contributed by atoms with Crippen LogP contribution < -0.4 is 0 Å². The summed E-state index contributed by atoms with van der Waals surface area (Å²) in [5.41, 5.74) is 0.472. The van der Waals surface area contributed by atoms with Gasteiger partial charge in [-0.25, -0.2) is 4.79 Å². The first-order chi connectivity index (χ1) is 7.65. The van der Waals surface area contributed by atoms with Gasteiger partial charge in [0.15, 0.2) is 0 Å². The monoisotopic (exact) mass is 222 g/mol. The summed E-state index contributed by atoms with van der Waals surface area (Å²) in [6.45, 7) is 1.83. The van der Waals surface area contributed by atoms with Crippen LogP contribution in [0.3, 0.4) is 0 Å². The zero-order chi connectivity index (χ0) is 12.0. The van der Waals surface area contributed by atoms with Crippen LogP contribution in [0.5, 0.6) is 0 Å². The summed E-state index contributed by atoms with van der Waals surface area (Å²) in [5.74, 6) is -1.64. The van der Waals surface area contributed by atoms with Crippen LogP contribution in [-0.4, -0.2) is 17.0 Å². The predicted octanol–water partition coefficient (Wildman–Crippen LogP) is 2.16. The van der Waals surface area contributed by atoms with Crippen molar-refractivity contribution < 1.29 is 19.4 Å². The maximum absolute atomic E-state index is 11.2. The van der Waals surface area contributed by atoms with Crippen molar-refractivity contribution in [2.75, 3.05) is 0 Å². The molecule has 0 fully saturated rings. The molecule has 0 aliphatic carbocycles. The lowest BCUT2D eigenvalue weighted by atomic mass is 10.1. The number of esters is 1. The first-order valence-corrected chi connectivity index (χ1v) is 5.12. The van der Waals surface area contributed by atoms with E-state index in [2.05, 4.69) is 0 Å². The van der Waals surface area contributed by atoms with Crippen molar-refractivity contribution in [3.63, 3.8) is 0 Å². The molecule has 0 radical (unpaired) electrons. The molecule has 0 unspecified atom stereocenters. The highest BCUT2D eigenvalue weighted by Gasteiger charge is 2.23. The summed E-state index contributed by atoms with van der Waals surface area (Å²) < 4.78 is 4.90. The Bertz CT molecular complexity index is 359. The van der Waals surface area contributed by atoms with Gasteiger partial charge < -0.3 is 9.84 Å². The fourth-order valence-corrected chi connectivity index (χ4v) is 1.28. The molecular formula is C12H14O4. The third kappa shape index (κ3) is 3.38. The number of hydrogen-bond acceptors (Lipinski definition) is 3. The van der Waals surface area contributed by atoms with Crippen molar-refractivity contribution in [2.24, 2.45) is 0 Å². The van der Waals surface area contributed by atoms with Gasteiger partial charge >= 0.3 is 11.9 Å². The van der Waals surface area contributed by atoms with Gasteiger partial charge in [0, 0.05) is 12.0 Å². The molecule has 1 N–H and O–H groups in total. The van der Waals surface area contributed by atoms with Crippen molar-refractivity contribution in [3.05, 3.63) is 35.9 Å². The predicted molar refractivity (Wildman–Crippen MR) is 57.8 cm³/mol. The molecule has 1 aromatic rings. The maximum Gasteiger partial charge on any atom is 0.349 e. The lowest BCUT2D eigenvalue weighted by Crippen LogP contribution is -2.19. The highest BCUT2D eigenvalue weighted by molar-refractivity contribution is 5.79. The van der Waals surface area contributed by atoms with Crippen molar-refractivity contribution in [1.29, 1.82) is 0 Å². The van der Waals surface area contributed by atoms with E-state index in [9.17, 15) is 9.59 Å². The quantitative estimate of drug-likeness (QED) is 0.775. The number of benzene rings is 1. The highest BCUT2D eigenvalue weighted by Crippen LogP contribution is 2.18. The van der Waals surface area contributed by atoms with Gasteiger partial charge in [-0.3, -0.25) is 4.79 Å². The third-order valence-corrected chi connectivity index (χ3v) is 2.03. The van der Waals surface area contributed by atoms with Gasteiger partial charge in [0.25, 0.3) is 0 Å². The first-order valence-electron chi connectivity index (χ1n) is 5.12. The minimum Gasteiger partial charge on any atom is -0.478 e. The molecule has 0 amide bonds. The van der Waals surface area contributed by atoms with Crippen LogP contribution in [0.25, 0.3) is 0 Å². The van der Waals surface area contributed by atoms with Gasteiger partial charge in [-0.2, -0.15) is 0 Å². The summed E-state index contributed by atoms with van der Waals surface area (Å²) in [5, 5.41) is 8.97. The van der Waals surface area contributed by atoms with Gasteiger partial charge in [0.2, 0.25) is 6.10 Å². The summed E-state index contributed by atoms with van der Waals surface area (Å²) in [6.07, 6.45) is -0.336. The van der Waals surface area contributed by atoms with Crippen LogP contribution in [0.1, 0.15) is 31.4 Å². The average Bonchev–Trinajstić information content (AvgIpc) is 2.27. The Morgan fingerprint density at radius 2 is 1.94 bits per heavy atom. The van der Waals surface area contributed by atoms with E-state index >= 15 is 0 Å². The van der Waals surface area contributed by atoms with E-state index in [1.807, 2.05) is 6.92 Å². The number of aliphatic carboxylic acids is 1. The normalized spacial score (nSPS) is 11.8. The molecule has 16 heavy (non-hydrogen) atoms. The molecule has 0 bridgehead atoms. The Balaban J connectivity index is 2.77. The number of carboxylic acid groups (broad SMARTS) is 1. The Hall–Kier alpha value is -1.84. The molecule has 1 rings (SSSR count). The Morgan fingerprint density at radius 3 is 2.44 bits per heavy atom. The zero-order valence-corrected chi connectivity index (χ0v) is 9.05. The smallest absolute Gasteiger partial charge is 0.349 e. The molecule has 0 aliphatic heterocycles. The topological polar surface area (TPSA) is 63.6 Å². The number of ether oxygens (including phenoxy) is 1. The second kappa shape index (κ2) is 5.90. The van der Waals surface area contributed by atoms with Crippen molar-refractivity contribution in [1.82, 2.24) is 0 Å². The number of hydrogen-bond donors (Lipinski definition) is 1. The zero-order valence-electron chi connectivity index (χ0n) is 9.05. The highest BCUT2D eigenvalue weighted by atomic mass is 16.6. The average molecular weight is 222 g/mol. The van der Waals surface area contributed by atoms with E-state index < -0.39 is 18.0 Å². The fourth-order valence-electron chi connectivity index (χ4n) is 1.28. The molecule has 4 nitrogen and oxygen atoms in total. The maximum atomic E-state index is 11.2. The Labute approximate surface area is 93.9 Å². The molecule has 0 saturated heterocycles. The summed E-state index contributed by atoms with van der Waals surface area (Å²) in [4.78, 5) is 22.2. The standard InChI is InChI=1S/C12H14O4/c1-2-6-10(13)16-11(12(14)15)9-7-4-3-5-8-9/h3-5,7-8,11H,2,6H2,1H3,(H,14,15)/t11-/m0/s1. The van der Waals surface area contributed by atoms with Gasteiger partial charge in [-0.05, 0) is 6.42 Å². The van der Waals surface area contributed by atoms with Crippen molar-refractivity contribution in [3.8, 4) is 0 Å². The molecule has 4 heteroatoms. The summed E-state index contributed by atoms with van der Waals surface area (Å²) >= 11 is 0. The van der Waals surface area contributed by atoms with Crippen LogP contribution in [0.15, 0.2) is 30.3 Å². The molecule has 0 heterocycles. The van der Waals surface area contributed by atoms with E-state index in [1.165, 1.54) is 0 Å². The number of carboxylic acids is 1. The Morgan fingerprint density at radius 1 is 1.31 bits per heavy atom. The minimum absolute atomic E-state index is 0.233. The van der Waals surface area contributed by atoms with Gasteiger partial charge in [-0.15, -0.1) is 0 Å². The molecule has 0 saturated carbocycles. The van der Waals surface area contributed by atoms with E-state index in [4.69, 9.17) is 9.84 Å². The number of rotatable bonds is 5. The van der Waals surface area contributed by atoms with Crippen LogP contribution in [-0.2, 0) is 14.3 Å². The molecule has 86 valence electrons. The second-order valence-corrected chi connectivity index (χ2v) is 3.37. The van der Waals surface area contributed by atoms with Crippen molar-refractivity contribution >= 4 is 11.9 Å². The first kappa shape index (κ1) is 12.2. The van der Waals surface area contributed by atoms with Crippen molar-refractivity contribution in [2.45, 2.75) is 25.9 Å². The lowest BCUT2D eigenvalue weighted by molar-refractivity contribution is -0.164. The largest absolute Gasteiger partial charge is 0.478 e. The fraction of sp³-hybridized carbons (Fsp3) is 0.333. The SMILES string of the molecule is CCCC(=O)O[C@H](C(=O)O)c1ccccc1. The van der Waals surface area contributed by atoms with E-state index in [-0.39, 0.29) is 6.42 Å². The number of carbonyl (C=O) groups excluding carboxylic acids is 1. The second-order valence-electron chi connectivity index (χ2n) is 3.37. The molecule has 1 aromatic carbocycles. The van der Waals surface area contributed by atoms with E-state index in [0.29, 0.717) is 12.0 Å². The van der Waals surface area contributed by atoms with Crippen LogP contribution >= 0.6 is 0 Å². The van der Waals surface area contributed by atoms with E-state index in [0.717, 1.165) is 0 Å². The minimum atomic E-state index is -1.21. The van der Waals surface area contributed by atoms with Crippen LogP contribution in [0, 0.1) is 0 Å². The molecular weight excluding hydrogens is 208 g/mol. The molecule has 0 aliphatic rings. The summed E-state index contributed by atoms with van der Waals surface area (Å²) in [7, 11) is 0. The van der Waals surface area contributed by atoms with E-state index in [1.54, 1.807) is 30.3 Å². The summed E-state index contributed by atoms with van der Waals surface area (Å²) in [6, 6.07) is 8.43. The molecule has 0 aromatic heterocycles.